The minimum absolute atomic E-state index is 0.504. The van der Waals surface area contributed by atoms with Crippen LogP contribution in [0.25, 0.3) is 0 Å². The zero-order valence-electron chi connectivity index (χ0n) is 9.86. The van der Waals surface area contributed by atoms with Crippen LogP contribution in [0, 0.1) is 6.92 Å². The van der Waals surface area contributed by atoms with Gasteiger partial charge in [-0.1, -0.05) is 35.3 Å². The summed E-state index contributed by atoms with van der Waals surface area (Å²) < 4.78 is 0. The van der Waals surface area contributed by atoms with E-state index in [1.54, 1.807) is 17.8 Å². The quantitative estimate of drug-likeness (QED) is 0.776. The van der Waals surface area contributed by atoms with Crippen LogP contribution in [0.1, 0.15) is 17.1 Å². The second-order valence-electron chi connectivity index (χ2n) is 3.87. The summed E-state index contributed by atoms with van der Waals surface area (Å²) in [6.45, 7) is 1.92. The van der Waals surface area contributed by atoms with Gasteiger partial charge < -0.3 is 0 Å². The second kappa shape index (κ2) is 6.41. The normalized spacial score (nSPS) is 10.6. The minimum atomic E-state index is 0.504. The van der Waals surface area contributed by atoms with Crippen molar-refractivity contribution in [2.24, 2.45) is 0 Å². The van der Waals surface area contributed by atoms with E-state index in [1.807, 2.05) is 31.2 Å². The molecule has 94 valence electrons. The fraction of sp³-hybridized carbons (Fsp3) is 0.231. The molecule has 2 nitrogen and oxygen atoms in total. The largest absolute Gasteiger partial charge is 0.237 e. The standard InChI is InChI=1S/C13H12Cl2N2S/c1-9-6-12(15)17-13(16-9)8-18-7-10-2-4-11(14)5-3-10/h2-6H,7-8H2,1H3. The van der Waals surface area contributed by atoms with E-state index < -0.39 is 0 Å². The van der Waals surface area contributed by atoms with Gasteiger partial charge in [0.2, 0.25) is 0 Å². The van der Waals surface area contributed by atoms with Crippen molar-refractivity contribution in [1.82, 2.24) is 9.97 Å². The topological polar surface area (TPSA) is 25.8 Å². The highest BCUT2D eigenvalue weighted by atomic mass is 35.5. The third-order valence-corrected chi connectivity index (χ3v) is 3.73. The molecule has 0 unspecified atom stereocenters. The van der Waals surface area contributed by atoms with Crippen molar-refractivity contribution in [2.75, 3.05) is 0 Å². The molecule has 1 aromatic heterocycles. The Morgan fingerprint density at radius 1 is 1.06 bits per heavy atom. The Hall–Kier alpha value is -0.770. The number of benzene rings is 1. The molecule has 1 heterocycles. The van der Waals surface area contributed by atoms with Crippen molar-refractivity contribution in [3.63, 3.8) is 0 Å². The van der Waals surface area contributed by atoms with E-state index >= 15 is 0 Å². The average molecular weight is 299 g/mol. The maximum absolute atomic E-state index is 5.89. The van der Waals surface area contributed by atoms with E-state index in [2.05, 4.69) is 9.97 Å². The molecule has 0 bridgehead atoms. The Labute approximate surface area is 121 Å². The van der Waals surface area contributed by atoms with Crippen LogP contribution < -0.4 is 0 Å². The van der Waals surface area contributed by atoms with Crippen LogP contribution in [0.5, 0.6) is 0 Å². The molecule has 18 heavy (non-hydrogen) atoms. The molecule has 2 rings (SSSR count). The zero-order valence-corrected chi connectivity index (χ0v) is 12.2. The number of halogens is 2. The van der Waals surface area contributed by atoms with Crippen LogP contribution in [0.3, 0.4) is 0 Å². The first kappa shape index (κ1) is 13.7. The van der Waals surface area contributed by atoms with Crippen LogP contribution in [0.2, 0.25) is 10.2 Å². The van der Waals surface area contributed by atoms with Crippen molar-refractivity contribution in [1.29, 1.82) is 0 Å². The van der Waals surface area contributed by atoms with Gasteiger partial charge in [0.25, 0.3) is 0 Å². The molecule has 0 saturated carbocycles. The molecule has 0 radical (unpaired) electrons. The van der Waals surface area contributed by atoms with Crippen molar-refractivity contribution in [3.05, 3.63) is 57.6 Å². The molecule has 0 amide bonds. The van der Waals surface area contributed by atoms with E-state index in [0.717, 1.165) is 28.0 Å². The van der Waals surface area contributed by atoms with E-state index in [9.17, 15) is 0 Å². The number of aromatic nitrogens is 2. The Bertz CT molecular complexity index is 509. The van der Waals surface area contributed by atoms with Crippen LogP contribution >= 0.6 is 35.0 Å². The number of rotatable bonds is 4. The Morgan fingerprint density at radius 3 is 2.44 bits per heavy atom. The molecule has 0 N–H and O–H groups in total. The summed E-state index contributed by atoms with van der Waals surface area (Å²) in [6.07, 6.45) is 0. The lowest BCUT2D eigenvalue weighted by molar-refractivity contribution is 0.996. The highest BCUT2D eigenvalue weighted by Gasteiger charge is 2.01. The minimum Gasteiger partial charge on any atom is -0.237 e. The van der Waals surface area contributed by atoms with Gasteiger partial charge in [0.15, 0.2) is 0 Å². The Morgan fingerprint density at radius 2 is 1.78 bits per heavy atom. The maximum Gasteiger partial charge on any atom is 0.140 e. The van der Waals surface area contributed by atoms with Gasteiger partial charge in [-0.25, -0.2) is 9.97 Å². The molecule has 0 aliphatic carbocycles. The number of thioether (sulfide) groups is 1. The maximum atomic E-state index is 5.89. The van der Waals surface area contributed by atoms with Crippen LogP contribution in [-0.2, 0) is 11.5 Å². The fourth-order valence-electron chi connectivity index (χ4n) is 1.49. The van der Waals surface area contributed by atoms with Gasteiger partial charge in [-0.15, -0.1) is 11.8 Å². The lowest BCUT2D eigenvalue weighted by Gasteiger charge is -2.03. The summed E-state index contributed by atoms with van der Waals surface area (Å²) in [5, 5.41) is 1.27. The predicted molar refractivity (Wildman–Crippen MR) is 78.2 cm³/mol. The highest BCUT2D eigenvalue weighted by molar-refractivity contribution is 7.97. The van der Waals surface area contributed by atoms with E-state index in [1.165, 1.54) is 5.56 Å². The van der Waals surface area contributed by atoms with Gasteiger partial charge in [0.1, 0.15) is 11.0 Å². The Kier molecular flexibility index (Phi) is 4.87. The van der Waals surface area contributed by atoms with Gasteiger partial charge in [-0.2, -0.15) is 0 Å². The number of hydrogen-bond donors (Lipinski definition) is 0. The first-order chi connectivity index (χ1) is 8.63. The van der Waals surface area contributed by atoms with Crippen molar-refractivity contribution < 1.29 is 0 Å². The Balaban J connectivity index is 1.90. The monoisotopic (exact) mass is 298 g/mol. The molecule has 1 aromatic carbocycles. The lowest BCUT2D eigenvalue weighted by atomic mass is 10.2. The summed E-state index contributed by atoms with van der Waals surface area (Å²) in [5.74, 6) is 2.44. The first-order valence-corrected chi connectivity index (χ1v) is 7.37. The molecule has 0 aliphatic rings. The average Bonchev–Trinajstić information content (AvgIpc) is 2.30. The van der Waals surface area contributed by atoms with Gasteiger partial charge >= 0.3 is 0 Å². The van der Waals surface area contributed by atoms with Crippen LogP contribution in [0.4, 0.5) is 0 Å². The van der Waals surface area contributed by atoms with Gasteiger partial charge in [-0.05, 0) is 30.7 Å². The summed E-state index contributed by atoms with van der Waals surface area (Å²) >= 11 is 13.5. The number of nitrogens with zero attached hydrogens (tertiary/aromatic N) is 2. The highest BCUT2D eigenvalue weighted by Crippen LogP contribution is 2.18. The van der Waals surface area contributed by atoms with Crippen molar-refractivity contribution in [2.45, 2.75) is 18.4 Å². The molecule has 0 atom stereocenters. The molecule has 2 aromatic rings. The molecule has 0 saturated heterocycles. The van der Waals surface area contributed by atoms with E-state index in [0.29, 0.717) is 5.15 Å². The first-order valence-electron chi connectivity index (χ1n) is 5.46. The third kappa shape index (κ3) is 4.16. The van der Waals surface area contributed by atoms with E-state index in [-0.39, 0.29) is 0 Å². The predicted octanol–water partition coefficient (Wildman–Crippen LogP) is 4.53. The van der Waals surface area contributed by atoms with Crippen LogP contribution in [-0.4, -0.2) is 9.97 Å². The second-order valence-corrected chi connectivity index (χ2v) is 5.68. The van der Waals surface area contributed by atoms with Gasteiger partial charge in [-0.3, -0.25) is 0 Å². The summed E-state index contributed by atoms with van der Waals surface area (Å²) in [7, 11) is 0. The van der Waals surface area contributed by atoms with Crippen molar-refractivity contribution in [3.8, 4) is 0 Å². The molecule has 0 aliphatic heterocycles. The summed E-state index contributed by atoms with van der Waals surface area (Å²) in [5.41, 5.74) is 2.14. The van der Waals surface area contributed by atoms with Gasteiger partial charge in [0.05, 0.1) is 5.75 Å². The SMILES string of the molecule is Cc1cc(Cl)nc(CSCc2ccc(Cl)cc2)n1. The number of hydrogen-bond acceptors (Lipinski definition) is 3. The molecular formula is C13H12Cl2N2S. The zero-order chi connectivity index (χ0) is 13.0. The van der Waals surface area contributed by atoms with Gasteiger partial charge in [0, 0.05) is 16.5 Å². The third-order valence-electron chi connectivity index (χ3n) is 2.28. The molecular weight excluding hydrogens is 287 g/mol. The summed E-state index contributed by atoms with van der Waals surface area (Å²) in [6, 6.07) is 9.61. The number of aryl methyl sites for hydroxylation is 1. The smallest absolute Gasteiger partial charge is 0.140 e. The van der Waals surface area contributed by atoms with E-state index in [4.69, 9.17) is 23.2 Å². The summed E-state index contributed by atoms with van der Waals surface area (Å²) in [4.78, 5) is 8.53. The van der Waals surface area contributed by atoms with Crippen LogP contribution in [0.15, 0.2) is 30.3 Å². The van der Waals surface area contributed by atoms with Crippen molar-refractivity contribution >= 4 is 35.0 Å². The molecule has 0 spiro atoms. The fourth-order valence-corrected chi connectivity index (χ4v) is 2.72. The lowest BCUT2D eigenvalue weighted by Crippen LogP contribution is -1.95. The molecule has 0 fully saturated rings. The molecule has 5 heteroatoms.